The summed E-state index contributed by atoms with van der Waals surface area (Å²) in [4.78, 5) is 22.8. The molecule has 112 valence electrons. The fourth-order valence-corrected chi connectivity index (χ4v) is 2.86. The van der Waals surface area contributed by atoms with Crippen molar-refractivity contribution in [1.29, 1.82) is 0 Å². The summed E-state index contributed by atoms with van der Waals surface area (Å²) >= 11 is 0. The van der Waals surface area contributed by atoms with Gasteiger partial charge in [0.05, 0.1) is 0 Å². The van der Waals surface area contributed by atoms with Gasteiger partial charge in [-0.25, -0.2) is 9.59 Å². The zero-order valence-electron chi connectivity index (χ0n) is 12.1. The zero-order valence-corrected chi connectivity index (χ0v) is 12.1. The quantitative estimate of drug-likeness (QED) is 0.886. The van der Waals surface area contributed by atoms with Crippen LogP contribution in [0.5, 0.6) is 11.5 Å². The minimum absolute atomic E-state index is 0.0245. The van der Waals surface area contributed by atoms with Crippen molar-refractivity contribution in [3.63, 3.8) is 0 Å². The van der Waals surface area contributed by atoms with Crippen LogP contribution in [0.15, 0.2) is 36.4 Å². The highest BCUT2D eigenvalue weighted by molar-refractivity contribution is 5.95. The van der Waals surface area contributed by atoms with Crippen LogP contribution in [0, 0.1) is 0 Å². The Morgan fingerprint density at radius 2 is 1.27 bits per heavy atom. The molecule has 0 spiro atoms. The van der Waals surface area contributed by atoms with Crippen molar-refractivity contribution in [1.82, 2.24) is 0 Å². The van der Waals surface area contributed by atoms with Crippen molar-refractivity contribution >= 4 is 11.9 Å². The van der Waals surface area contributed by atoms with Gasteiger partial charge in [-0.1, -0.05) is 38.1 Å². The topological polar surface area (TPSA) is 83.8 Å². The summed E-state index contributed by atoms with van der Waals surface area (Å²) < 4.78 is 5.74. The molecule has 1 aliphatic heterocycles. The van der Waals surface area contributed by atoms with Gasteiger partial charge in [-0.3, -0.25) is 0 Å². The highest BCUT2D eigenvalue weighted by atomic mass is 16.5. The number of carboxylic acid groups (broad SMARTS) is 2. The lowest BCUT2D eigenvalue weighted by Gasteiger charge is -2.35. The van der Waals surface area contributed by atoms with Crippen LogP contribution in [0.2, 0.25) is 0 Å². The normalized spacial score (nSPS) is 14.5. The number of benzene rings is 2. The molecule has 0 aromatic heterocycles. The Morgan fingerprint density at radius 1 is 0.864 bits per heavy atom. The lowest BCUT2D eigenvalue weighted by molar-refractivity contribution is 0.0687. The molecule has 3 rings (SSSR count). The second-order valence-corrected chi connectivity index (χ2v) is 5.70. The molecule has 1 aliphatic rings. The number of para-hydroxylation sites is 2. The first-order chi connectivity index (χ1) is 10.3. The highest BCUT2D eigenvalue weighted by Crippen LogP contribution is 2.50. The summed E-state index contributed by atoms with van der Waals surface area (Å²) in [5, 5.41) is 18.7. The molecule has 2 aromatic rings. The summed E-state index contributed by atoms with van der Waals surface area (Å²) in [6, 6.07) is 9.84. The summed E-state index contributed by atoms with van der Waals surface area (Å²) in [7, 11) is 0. The molecule has 2 N–H and O–H groups in total. The van der Waals surface area contributed by atoms with Crippen molar-refractivity contribution in [2.24, 2.45) is 0 Å². The van der Waals surface area contributed by atoms with Crippen molar-refractivity contribution in [2.45, 2.75) is 19.3 Å². The summed E-state index contributed by atoms with van der Waals surface area (Å²) in [6.07, 6.45) is 0. The fourth-order valence-electron chi connectivity index (χ4n) is 2.86. The molecule has 5 heteroatoms. The lowest BCUT2D eigenvalue weighted by Crippen LogP contribution is -2.26. The van der Waals surface area contributed by atoms with Crippen molar-refractivity contribution in [3.8, 4) is 11.5 Å². The van der Waals surface area contributed by atoms with Crippen molar-refractivity contribution in [3.05, 3.63) is 58.7 Å². The Morgan fingerprint density at radius 3 is 1.64 bits per heavy atom. The SMILES string of the molecule is CC1(C)c2cccc(C(=O)O)c2Oc2c(C(=O)O)cccc21. The number of carbonyl (C=O) groups is 2. The molecule has 0 unspecified atom stereocenters. The van der Waals surface area contributed by atoms with Crippen LogP contribution < -0.4 is 4.74 Å². The second kappa shape index (κ2) is 4.59. The third kappa shape index (κ3) is 1.86. The molecule has 0 fully saturated rings. The van der Waals surface area contributed by atoms with Crippen LogP contribution in [-0.2, 0) is 5.41 Å². The molecule has 22 heavy (non-hydrogen) atoms. The Balaban J connectivity index is 2.33. The van der Waals surface area contributed by atoms with E-state index in [0.29, 0.717) is 0 Å². The van der Waals surface area contributed by atoms with Gasteiger partial charge in [-0.05, 0) is 12.1 Å². The molecule has 0 saturated carbocycles. The Bertz CT molecular complexity index is 739. The van der Waals surface area contributed by atoms with E-state index in [1.165, 1.54) is 12.1 Å². The van der Waals surface area contributed by atoms with Gasteiger partial charge in [-0.2, -0.15) is 0 Å². The van der Waals surface area contributed by atoms with E-state index in [-0.39, 0.29) is 22.6 Å². The summed E-state index contributed by atoms with van der Waals surface area (Å²) in [5.41, 5.74) is 0.942. The molecule has 0 amide bonds. The van der Waals surface area contributed by atoms with Gasteiger partial charge in [0.25, 0.3) is 0 Å². The van der Waals surface area contributed by atoms with E-state index in [4.69, 9.17) is 4.74 Å². The Hall–Kier alpha value is -2.82. The first kappa shape index (κ1) is 14.1. The van der Waals surface area contributed by atoms with Gasteiger partial charge in [0.15, 0.2) is 0 Å². The molecule has 5 nitrogen and oxygen atoms in total. The highest BCUT2D eigenvalue weighted by Gasteiger charge is 2.38. The largest absolute Gasteiger partial charge is 0.478 e. The van der Waals surface area contributed by atoms with Gasteiger partial charge in [-0.15, -0.1) is 0 Å². The number of carboxylic acids is 2. The van der Waals surface area contributed by atoms with E-state index in [2.05, 4.69) is 0 Å². The van der Waals surface area contributed by atoms with E-state index < -0.39 is 17.4 Å². The molecule has 0 radical (unpaired) electrons. The summed E-state index contributed by atoms with van der Waals surface area (Å²) in [5.74, 6) is -1.80. The van der Waals surface area contributed by atoms with E-state index in [1.54, 1.807) is 24.3 Å². The molecule has 0 aliphatic carbocycles. The number of aromatic carboxylic acids is 2. The maximum atomic E-state index is 11.4. The number of ether oxygens (including phenoxy) is 1. The molecule has 2 aromatic carbocycles. The zero-order chi connectivity index (χ0) is 16.1. The first-order valence-electron chi connectivity index (χ1n) is 6.75. The van der Waals surface area contributed by atoms with Crippen LogP contribution in [0.4, 0.5) is 0 Å². The van der Waals surface area contributed by atoms with Gasteiger partial charge >= 0.3 is 11.9 Å². The van der Waals surface area contributed by atoms with Gasteiger partial charge in [0, 0.05) is 16.5 Å². The number of hydrogen-bond acceptors (Lipinski definition) is 3. The molecule has 0 saturated heterocycles. The van der Waals surface area contributed by atoms with Crippen LogP contribution >= 0.6 is 0 Å². The third-order valence-electron chi connectivity index (χ3n) is 4.04. The number of rotatable bonds is 2. The van der Waals surface area contributed by atoms with Gasteiger partial charge in [0.1, 0.15) is 22.6 Å². The number of fused-ring (bicyclic) bond motifs is 2. The predicted molar refractivity (Wildman–Crippen MR) is 79.0 cm³/mol. The van der Waals surface area contributed by atoms with E-state index in [0.717, 1.165) is 11.1 Å². The minimum atomic E-state index is -1.11. The standard InChI is InChI=1S/C17H14O5/c1-17(2)11-7-3-5-9(15(18)19)13(11)22-14-10(16(20)21)6-4-8-12(14)17/h3-8H,1-2H3,(H,18,19)(H,20,21). The average molecular weight is 298 g/mol. The molecule has 0 atom stereocenters. The van der Waals surface area contributed by atoms with Gasteiger partial charge in [0.2, 0.25) is 0 Å². The van der Waals surface area contributed by atoms with E-state index in [1.807, 2.05) is 13.8 Å². The maximum absolute atomic E-state index is 11.4. The van der Waals surface area contributed by atoms with E-state index in [9.17, 15) is 19.8 Å². The van der Waals surface area contributed by atoms with Crippen LogP contribution in [-0.4, -0.2) is 22.2 Å². The van der Waals surface area contributed by atoms with Gasteiger partial charge < -0.3 is 14.9 Å². The maximum Gasteiger partial charge on any atom is 0.339 e. The minimum Gasteiger partial charge on any atom is -0.478 e. The number of hydrogen-bond donors (Lipinski definition) is 2. The van der Waals surface area contributed by atoms with E-state index >= 15 is 0 Å². The monoisotopic (exact) mass is 298 g/mol. The second-order valence-electron chi connectivity index (χ2n) is 5.70. The van der Waals surface area contributed by atoms with Crippen molar-refractivity contribution in [2.75, 3.05) is 0 Å². The molecular weight excluding hydrogens is 284 g/mol. The Kier molecular flexibility index (Phi) is 2.95. The molecular formula is C17H14O5. The molecule has 1 heterocycles. The predicted octanol–water partition coefficient (Wildman–Crippen LogP) is 3.51. The van der Waals surface area contributed by atoms with Crippen LogP contribution in [0.25, 0.3) is 0 Å². The smallest absolute Gasteiger partial charge is 0.339 e. The van der Waals surface area contributed by atoms with Crippen molar-refractivity contribution < 1.29 is 24.5 Å². The molecule has 0 bridgehead atoms. The average Bonchev–Trinajstić information content (AvgIpc) is 2.46. The fraction of sp³-hybridized carbons (Fsp3) is 0.176. The van der Waals surface area contributed by atoms with Crippen LogP contribution in [0.1, 0.15) is 45.7 Å². The summed E-state index contributed by atoms with van der Waals surface area (Å²) in [6.45, 7) is 3.84. The lowest BCUT2D eigenvalue weighted by atomic mass is 9.74. The first-order valence-corrected chi connectivity index (χ1v) is 6.75. The Labute approximate surface area is 126 Å². The third-order valence-corrected chi connectivity index (χ3v) is 4.04. The van der Waals surface area contributed by atoms with Crippen LogP contribution in [0.3, 0.4) is 0 Å².